The first-order chi connectivity index (χ1) is 17.7. The minimum absolute atomic E-state index is 0.260. The van der Waals surface area contributed by atoms with Gasteiger partial charge in [-0.1, -0.05) is 6.92 Å². The van der Waals surface area contributed by atoms with Crippen LogP contribution >= 0.6 is 0 Å². The van der Waals surface area contributed by atoms with Gasteiger partial charge >= 0.3 is 0 Å². The zero-order chi connectivity index (χ0) is 24.5. The zero-order valence-electron chi connectivity index (χ0n) is 20.9. The molecular weight excluding hydrogens is 459 g/mol. The summed E-state index contributed by atoms with van der Waals surface area (Å²) in [6.07, 6.45) is 9.56. The van der Waals surface area contributed by atoms with Crippen LogP contribution in [0.3, 0.4) is 0 Å². The number of aromatic nitrogens is 4. The lowest BCUT2D eigenvalue weighted by Crippen LogP contribution is -2.40. The minimum atomic E-state index is -0.263. The molecule has 6 rings (SSSR count). The summed E-state index contributed by atoms with van der Waals surface area (Å²) in [7, 11) is 0. The van der Waals surface area contributed by atoms with E-state index in [-0.39, 0.29) is 12.0 Å². The molecule has 2 atom stereocenters. The molecule has 8 nitrogen and oxygen atoms in total. The van der Waals surface area contributed by atoms with Crippen molar-refractivity contribution in [2.24, 2.45) is 5.92 Å². The molecule has 0 radical (unpaired) electrons. The van der Waals surface area contributed by atoms with Crippen molar-refractivity contribution in [3.05, 3.63) is 48.0 Å². The van der Waals surface area contributed by atoms with E-state index < -0.39 is 0 Å². The SMILES string of the molecule is CCCOc1nc2cc(F)ccc2n1C1CCN(C2OC2C2CCN(Cc3ccnnc3)CC2)CC1. The van der Waals surface area contributed by atoms with Gasteiger partial charge in [0, 0.05) is 37.9 Å². The fraction of sp³-hybridized carbons (Fsp3) is 0.593. The van der Waals surface area contributed by atoms with Crippen LogP contribution in [0.25, 0.3) is 11.0 Å². The first-order valence-electron chi connectivity index (χ1n) is 13.4. The van der Waals surface area contributed by atoms with Gasteiger partial charge in [0.25, 0.3) is 6.01 Å². The highest BCUT2D eigenvalue weighted by Gasteiger charge is 2.49. The molecule has 3 saturated heterocycles. The van der Waals surface area contributed by atoms with Crippen molar-refractivity contribution in [1.29, 1.82) is 0 Å². The molecular formula is C27H35FN6O2. The van der Waals surface area contributed by atoms with Gasteiger partial charge in [0.05, 0.1) is 23.8 Å². The Morgan fingerprint density at radius 2 is 1.89 bits per heavy atom. The Hall–Kier alpha value is -2.62. The summed E-state index contributed by atoms with van der Waals surface area (Å²) in [6, 6.07) is 7.81. The van der Waals surface area contributed by atoms with Crippen LogP contribution in [0, 0.1) is 11.7 Å². The molecule has 3 fully saturated rings. The Balaban J connectivity index is 1.03. The minimum Gasteiger partial charge on any atom is -0.465 e. The lowest BCUT2D eigenvalue weighted by molar-refractivity contribution is 0.122. The van der Waals surface area contributed by atoms with E-state index >= 15 is 0 Å². The largest absolute Gasteiger partial charge is 0.465 e. The molecule has 0 saturated carbocycles. The number of hydrogen-bond acceptors (Lipinski definition) is 7. The number of piperidine rings is 2. The van der Waals surface area contributed by atoms with E-state index in [1.165, 1.54) is 30.5 Å². The van der Waals surface area contributed by atoms with Crippen LogP contribution in [0.5, 0.6) is 6.01 Å². The molecule has 2 unspecified atom stereocenters. The average Bonchev–Trinajstić information content (AvgIpc) is 3.63. The number of benzene rings is 1. The van der Waals surface area contributed by atoms with Gasteiger partial charge < -0.3 is 9.47 Å². The molecule has 1 aromatic carbocycles. The summed E-state index contributed by atoms with van der Waals surface area (Å²) < 4.78 is 28.2. The summed E-state index contributed by atoms with van der Waals surface area (Å²) in [5, 5.41) is 7.87. The predicted octanol–water partition coefficient (Wildman–Crippen LogP) is 4.03. The third-order valence-corrected chi connectivity index (χ3v) is 7.93. The van der Waals surface area contributed by atoms with Crippen LogP contribution in [0.15, 0.2) is 36.7 Å². The van der Waals surface area contributed by atoms with E-state index in [1.54, 1.807) is 6.20 Å². The van der Waals surface area contributed by atoms with Gasteiger partial charge in [0.1, 0.15) is 18.1 Å². The second-order valence-corrected chi connectivity index (χ2v) is 10.4. The Kier molecular flexibility index (Phi) is 6.86. The molecule has 9 heteroatoms. The molecule has 0 aliphatic carbocycles. The van der Waals surface area contributed by atoms with Crippen molar-refractivity contribution in [1.82, 2.24) is 29.5 Å². The normalized spacial score (nSPS) is 24.4. The van der Waals surface area contributed by atoms with Crippen LogP contribution in [0.1, 0.15) is 50.6 Å². The summed E-state index contributed by atoms with van der Waals surface area (Å²) in [5.41, 5.74) is 2.85. The van der Waals surface area contributed by atoms with Gasteiger partial charge in [0.2, 0.25) is 0 Å². The number of hydrogen-bond donors (Lipinski definition) is 0. The van der Waals surface area contributed by atoms with Crippen LogP contribution < -0.4 is 4.74 Å². The number of nitrogens with zero attached hydrogens (tertiary/aromatic N) is 6. The lowest BCUT2D eigenvalue weighted by Gasteiger charge is -2.34. The Labute approximate surface area is 211 Å². The smallest absolute Gasteiger partial charge is 0.297 e. The number of rotatable bonds is 8. The molecule has 0 N–H and O–H groups in total. The highest BCUT2D eigenvalue weighted by Crippen LogP contribution is 2.41. The number of likely N-dealkylation sites (tertiary alicyclic amines) is 2. The highest BCUT2D eigenvalue weighted by molar-refractivity contribution is 5.77. The summed E-state index contributed by atoms with van der Waals surface area (Å²) in [4.78, 5) is 9.64. The van der Waals surface area contributed by atoms with E-state index in [2.05, 4.69) is 36.5 Å². The standard InChI is InChI=1S/C27H35FN6O2/c1-2-15-35-27-31-23-16-21(28)3-4-24(23)34(27)22-8-13-33(14-9-22)26-25(36-26)20-6-11-32(12-7-20)18-19-5-10-29-30-17-19/h3-5,10,16-17,20,22,25-26H,2,6-9,11-15,18H2,1H3. The third kappa shape index (κ3) is 4.96. The van der Waals surface area contributed by atoms with E-state index in [0.29, 0.717) is 36.2 Å². The lowest BCUT2D eigenvalue weighted by atomic mass is 9.92. The predicted molar refractivity (Wildman–Crippen MR) is 134 cm³/mol. The first kappa shape index (κ1) is 23.8. The van der Waals surface area contributed by atoms with Crippen molar-refractivity contribution >= 4 is 11.0 Å². The zero-order valence-corrected chi connectivity index (χ0v) is 20.9. The maximum absolute atomic E-state index is 13.8. The number of ether oxygens (including phenoxy) is 2. The van der Waals surface area contributed by atoms with Crippen molar-refractivity contribution in [3.8, 4) is 6.01 Å². The molecule has 2 aromatic heterocycles. The number of fused-ring (bicyclic) bond motifs is 1. The van der Waals surface area contributed by atoms with Gasteiger partial charge in [0.15, 0.2) is 0 Å². The molecule has 0 amide bonds. The average molecular weight is 495 g/mol. The molecule has 3 aromatic rings. The first-order valence-corrected chi connectivity index (χ1v) is 13.4. The Morgan fingerprint density at radius 1 is 1.06 bits per heavy atom. The van der Waals surface area contributed by atoms with E-state index in [0.717, 1.165) is 57.5 Å². The van der Waals surface area contributed by atoms with Gasteiger partial charge in [-0.3, -0.25) is 14.4 Å². The molecule has 36 heavy (non-hydrogen) atoms. The summed E-state index contributed by atoms with van der Waals surface area (Å²) in [5.74, 6) is 0.377. The third-order valence-electron chi connectivity index (χ3n) is 7.93. The maximum Gasteiger partial charge on any atom is 0.297 e. The quantitative estimate of drug-likeness (QED) is 0.438. The second kappa shape index (κ2) is 10.4. The van der Waals surface area contributed by atoms with Crippen molar-refractivity contribution in [2.45, 2.75) is 63.9 Å². The summed E-state index contributed by atoms with van der Waals surface area (Å²) in [6.45, 7) is 7.85. The number of halogens is 1. The molecule has 3 aliphatic heterocycles. The van der Waals surface area contributed by atoms with Gasteiger partial charge in [-0.2, -0.15) is 15.2 Å². The van der Waals surface area contributed by atoms with Gasteiger partial charge in [-0.15, -0.1) is 0 Å². The molecule has 0 bridgehead atoms. The van der Waals surface area contributed by atoms with Crippen molar-refractivity contribution < 1.29 is 13.9 Å². The van der Waals surface area contributed by atoms with Gasteiger partial charge in [-0.25, -0.2) is 4.39 Å². The monoisotopic (exact) mass is 494 g/mol. The Bertz CT molecular complexity index is 1160. The van der Waals surface area contributed by atoms with Crippen LogP contribution in [-0.2, 0) is 11.3 Å². The topological polar surface area (TPSA) is 71.8 Å². The van der Waals surface area contributed by atoms with Crippen molar-refractivity contribution in [2.75, 3.05) is 32.8 Å². The van der Waals surface area contributed by atoms with Crippen molar-refractivity contribution in [3.63, 3.8) is 0 Å². The Morgan fingerprint density at radius 3 is 2.64 bits per heavy atom. The molecule has 0 spiro atoms. The molecule has 192 valence electrons. The summed E-state index contributed by atoms with van der Waals surface area (Å²) >= 11 is 0. The fourth-order valence-corrected chi connectivity index (χ4v) is 5.96. The van der Waals surface area contributed by atoms with E-state index in [9.17, 15) is 4.39 Å². The molecule has 3 aliphatic rings. The van der Waals surface area contributed by atoms with Crippen LogP contribution in [0.2, 0.25) is 0 Å². The van der Waals surface area contributed by atoms with Gasteiger partial charge in [-0.05, 0) is 74.9 Å². The second-order valence-electron chi connectivity index (χ2n) is 10.4. The number of imidazole rings is 1. The van der Waals surface area contributed by atoms with E-state index in [4.69, 9.17) is 9.47 Å². The van der Waals surface area contributed by atoms with E-state index in [1.807, 2.05) is 18.3 Å². The fourth-order valence-electron chi connectivity index (χ4n) is 5.96. The van der Waals surface area contributed by atoms with Crippen LogP contribution in [0.4, 0.5) is 4.39 Å². The highest BCUT2D eigenvalue weighted by atomic mass is 19.1. The number of epoxide rings is 1. The molecule has 5 heterocycles. The van der Waals surface area contributed by atoms with Crippen LogP contribution in [-0.4, -0.2) is 74.7 Å². The maximum atomic E-state index is 13.8.